The van der Waals surface area contributed by atoms with Gasteiger partial charge in [0.2, 0.25) is 5.88 Å². The van der Waals surface area contributed by atoms with Crippen molar-refractivity contribution in [3.8, 4) is 23.0 Å². The average molecular weight is 355 g/mol. The van der Waals surface area contributed by atoms with Crippen LogP contribution in [0, 0.1) is 0 Å². The standard InChI is InChI=1S/C19H15ClN2OS/c1-2-24-19-15-11-13-5-3-4-6-16(13)23-18(15)21-17(22-19)12-7-9-14(20)10-8-12/h3-10H,2,11H2,1H3. The highest BCUT2D eigenvalue weighted by molar-refractivity contribution is 7.99. The van der Waals surface area contributed by atoms with Crippen LogP contribution >= 0.6 is 23.4 Å². The summed E-state index contributed by atoms with van der Waals surface area (Å²) in [6, 6.07) is 15.6. The van der Waals surface area contributed by atoms with Crippen LogP contribution in [-0.4, -0.2) is 15.7 Å². The molecular formula is C19H15ClN2OS. The second kappa shape index (κ2) is 6.46. The minimum atomic E-state index is 0.657. The molecule has 0 radical (unpaired) electrons. The third-order valence-electron chi connectivity index (χ3n) is 3.86. The summed E-state index contributed by atoms with van der Waals surface area (Å²) in [5, 5.41) is 1.69. The predicted octanol–water partition coefficient (Wildman–Crippen LogP) is 5.61. The predicted molar refractivity (Wildman–Crippen MR) is 98.2 cm³/mol. The highest BCUT2D eigenvalue weighted by Crippen LogP contribution is 2.40. The molecule has 4 rings (SSSR count). The second-order valence-electron chi connectivity index (χ2n) is 5.46. The lowest BCUT2D eigenvalue weighted by Gasteiger charge is -2.21. The maximum absolute atomic E-state index is 6.06. The van der Waals surface area contributed by atoms with Crippen molar-refractivity contribution in [2.75, 3.05) is 5.75 Å². The Labute approximate surface area is 150 Å². The monoisotopic (exact) mass is 354 g/mol. The summed E-state index contributed by atoms with van der Waals surface area (Å²) >= 11 is 7.70. The van der Waals surface area contributed by atoms with E-state index >= 15 is 0 Å². The summed E-state index contributed by atoms with van der Waals surface area (Å²) in [5.41, 5.74) is 3.17. The van der Waals surface area contributed by atoms with Crippen molar-refractivity contribution in [3.05, 3.63) is 64.7 Å². The first-order valence-corrected chi connectivity index (χ1v) is 9.16. The highest BCUT2D eigenvalue weighted by atomic mass is 35.5. The largest absolute Gasteiger partial charge is 0.438 e. The molecule has 2 heterocycles. The molecule has 0 fully saturated rings. The molecule has 0 amide bonds. The second-order valence-corrected chi connectivity index (χ2v) is 7.15. The molecular weight excluding hydrogens is 340 g/mol. The van der Waals surface area contributed by atoms with Gasteiger partial charge in [-0.2, -0.15) is 4.98 Å². The van der Waals surface area contributed by atoms with Gasteiger partial charge in [0.25, 0.3) is 0 Å². The van der Waals surface area contributed by atoms with Crippen LogP contribution in [0.3, 0.4) is 0 Å². The summed E-state index contributed by atoms with van der Waals surface area (Å²) in [4.78, 5) is 9.44. The summed E-state index contributed by atoms with van der Waals surface area (Å²) in [7, 11) is 0. The Hall–Kier alpha value is -2.04. The number of para-hydroxylation sites is 1. The van der Waals surface area contributed by atoms with Gasteiger partial charge in [-0.1, -0.05) is 36.7 Å². The summed E-state index contributed by atoms with van der Waals surface area (Å²) < 4.78 is 6.06. The minimum Gasteiger partial charge on any atom is -0.438 e. The zero-order chi connectivity index (χ0) is 16.5. The van der Waals surface area contributed by atoms with E-state index in [0.717, 1.165) is 34.1 Å². The topological polar surface area (TPSA) is 35.0 Å². The number of rotatable bonds is 3. The van der Waals surface area contributed by atoms with E-state index in [-0.39, 0.29) is 0 Å². The maximum atomic E-state index is 6.06. The smallest absolute Gasteiger partial charge is 0.227 e. The third-order valence-corrected chi connectivity index (χ3v) is 5.01. The van der Waals surface area contributed by atoms with E-state index < -0.39 is 0 Å². The number of aromatic nitrogens is 2. The Kier molecular flexibility index (Phi) is 4.17. The molecule has 3 nitrogen and oxygen atoms in total. The molecule has 24 heavy (non-hydrogen) atoms. The molecule has 0 saturated carbocycles. The van der Waals surface area contributed by atoms with Gasteiger partial charge in [0.05, 0.1) is 5.56 Å². The van der Waals surface area contributed by atoms with Gasteiger partial charge in [-0.25, -0.2) is 4.98 Å². The molecule has 0 aliphatic carbocycles. The molecule has 0 saturated heterocycles. The first-order chi connectivity index (χ1) is 11.7. The molecule has 0 atom stereocenters. The molecule has 1 aliphatic rings. The zero-order valence-corrected chi connectivity index (χ0v) is 14.7. The molecule has 1 aromatic heterocycles. The number of benzene rings is 2. The lowest BCUT2D eigenvalue weighted by Crippen LogP contribution is -2.09. The van der Waals surface area contributed by atoms with Crippen LogP contribution in [0.4, 0.5) is 0 Å². The van der Waals surface area contributed by atoms with E-state index in [2.05, 4.69) is 18.0 Å². The van der Waals surface area contributed by atoms with E-state index in [0.29, 0.717) is 16.7 Å². The van der Waals surface area contributed by atoms with Crippen LogP contribution in [-0.2, 0) is 6.42 Å². The summed E-state index contributed by atoms with van der Waals surface area (Å²) in [5.74, 6) is 3.15. The average Bonchev–Trinajstić information content (AvgIpc) is 2.61. The number of ether oxygens (including phenoxy) is 1. The van der Waals surface area contributed by atoms with Crippen LogP contribution in [0.25, 0.3) is 11.4 Å². The Bertz CT molecular complexity index is 896. The molecule has 3 aromatic rings. The minimum absolute atomic E-state index is 0.657. The van der Waals surface area contributed by atoms with Crippen LogP contribution in [0.2, 0.25) is 5.02 Å². The van der Waals surface area contributed by atoms with Gasteiger partial charge >= 0.3 is 0 Å². The van der Waals surface area contributed by atoms with Gasteiger partial charge in [0.1, 0.15) is 10.8 Å². The van der Waals surface area contributed by atoms with E-state index in [1.165, 1.54) is 5.56 Å². The van der Waals surface area contributed by atoms with Crippen molar-refractivity contribution in [1.82, 2.24) is 9.97 Å². The van der Waals surface area contributed by atoms with E-state index in [4.69, 9.17) is 21.3 Å². The van der Waals surface area contributed by atoms with Crippen molar-refractivity contribution in [3.63, 3.8) is 0 Å². The molecule has 2 aromatic carbocycles. The summed E-state index contributed by atoms with van der Waals surface area (Å²) in [6.45, 7) is 2.12. The lowest BCUT2D eigenvalue weighted by molar-refractivity contribution is 0.435. The maximum Gasteiger partial charge on any atom is 0.227 e. The highest BCUT2D eigenvalue weighted by Gasteiger charge is 2.23. The number of fused-ring (bicyclic) bond motifs is 2. The fraction of sp³-hybridized carbons (Fsp3) is 0.158. The van der Waals surface area contributed by atoms with Crippen LogP contribution in [0.5, 0.6) is 11.6 Å². The molecule has 0 spiro atoms. The molecule has 0 N–H and O–H groups in total. The van der Waals surface area contributed by atoms with Crippen molar-refractivity contribution in [2.45, 2.75) is 18.4 Å². The van der Waals surface area contributed by atoms with E-state index in [9.17, 15) is 0 Å². The molecule has 0 unspecified atom stereocenters. The number of hydrogen-bond acceptors (Lipinski definition) is 4. The quantitative estimate of drug-likeness (QED) is 0.354. The zero-order valence-electron chi connectivity index (χ0n) is 13.1. The normalized spacial score (nSPS) is 12.2. The third kappa shape index (κ3) is 2.87. The Morgan fingerprint density at radius 3 is 2.67 bits per heavy atom. The molecule has 1 aliphatic heterocycles. The SMILES string of the molecule is CCSc1nc(-c2ccc(Cl)cc2)nc2c1Cc1ccccc1O2. The molecule has 5 heteroatoms. The van der Waals surface area contributed by atoms with Gasteiger partial charge in [-0.05, 0) is 41.6 Å². The van der Waals surface area contributed by atoms with Gasteiger partial charge in [0.15, 0.2) is 5.82 Å². The fourth-order valence-corrected chi connectivity index (χ4v) is 3.59. The van der Waals surface area contributed by atoms with Crippen molar-refractivity contribution in [1.29, 1.82) is 0 Å². The van der Waals surface area contributed by atoms with Gasteiger partial charge in [-0.15, -0.1) is 11.8 Å². The Balaban J connectivity index is 1.82. The molecule has 0 bridgehead atoms. The van der Waals surface area contributed by atoms with Crippen LogP contribution in [0.15, 0.2) is 53.6 Å². The van der Waals surface area contributed by atoms with Gasteiger partial charge in [0, 0.05) is 17.0 Å². The lowest BCUT2D eigenvalue weighted by atomic mass is 10.0. The Morgan fingerprint density at radius 2 is 1.88 bits per heavy atom. The van der Waals surface area contributed by atoms with Crippen molar-refractivity contribution >= 4 is 23.4 Å². The number of nitrogens with zero attached hydrogens (tertiary/aromatic N) is 2. The Morgan fingerprint density at radius 1 is 1.08 bits per heavy atom. The number of thioether (sulfide) groups is 1. The van der Waals surface area contributed by atoms with E-state index in [1.807, 2.05) is 42.5 Å². The van der Waals surface area contributed by atoms with E-state index in [1.54, 1.807) is 11.8 Å². The van der Waals surface area contributed by atoms with Gasteiger partial charge in [-0.3, -0.25) is 0 Å². The van der Waals surface area contributed by atoms with Gasteiger partial charge < -0.3 is 4.74 Å². The molecule has 120 valence electrons. The fourth-order valence-electron chi connectivity index (χ4n) is 2.71. The number of halogens is 1. The van der Waals surface area contributed by atoms with Crippen LogP contribution < -0.4 is 4.74 Å². The van der Waals surface area contributed by atoms with Crippen molar-refractivity contribution in [2.24, 2.45) is 0 Å². The summed E-state index contributed by atoms with van der Waals surface area (Å²) in [6.07, 6.45) is 0.800. The first kappa shape index (κ1) is 15.5. The van der Waals surface area contributed by atoms with Crippen molar-refractivity contribution < 1.29 is 4.74 Å². The number of hydrogen-bond donors (Lipinski definition) is 0. The van der Waals surface area contributed by atoms with Crippen LogP contribution in [0.1, 0.15) is 18.1 Å². The first-order valence-electron chi connectivity index (χ1n) is 7.80.